The zero-order chi connectivity index (χ0) is 21.7. The van der Waals surface area contributed by atoms with Crippen molar-refractivity contribution in [2.24, 2.45) is 0 Å². The summed E-state index contributed by atoms with van der Waals surface area (Å²) >= 11 is 0. The van der Waals surface area contributed by atoms with Gasteiger partial charge < -0.3 is 19.4 Å². The largest absolute Gasteiger partial charge is 0.496 e. The average molecular weight is 408 g/mol. The molecule has 0 saturated carbocycles. The second kappa shape index (κ2) is 9.48. The molecule has 0 bridgehead atoms. The number of aromatic nitrogens is 2. The van der Waals surface area contributed by atoms with Crippen molar-refractivity contribution in [2.75, 3.05) is 19.5 Å². The third-order valence-corrected chi connectivity index (χ3v) is 5.36. The lowest BCUT2D eigenvalue weighted by atomic mass is 10.1. The molecule has 1 N–H and O–H groups in total. The maximum Gasteiger partial charge on any atom is 0.317 e. The van der Waals surface area contributed by atoms with Crippen LogP contribution in [0.3, 0.4) is 0 Å². The van der Waals surface area contributed by atoms with Gasteiger partial charge in [-0.25, -0.2) is 0 Å². The van der Waals surface area contributed by atoms with Crippen LogP contribution in [0.4, 0.5) is 11.6 Å². The first kappa shape index (κ1) is 21.4. The zero-order valence-corrected chi connectivity index (χ0v) is 18.1. The molecule has 0 saturated heterocycles. The molecule has 0 aliphatic carbocycles. The molecule has 0 radical (unpaired) electrons. The molecule has 1 aliphatic rings. The SMILES string of the molecule is C=C/C=C\C=C/CC1CCc2c(OC)c(=O)nc(Nc3cc(C)c(OC)cc3C)n21. The number of nitrogens with one attached hydrogen (secondary N) is 1. The van der Waals surface area contributed by atoms with Crippen LogP contribution in [-0.2, 0) is 6.42 Å². The van der Waals surface area contributed by atoms with E-state index in [4.69, 9.17) is 9.47 Å². The lowest BCUT2D eigenvalue weighted by molar-refractivity contribution is 0.397. The van der Waals surface area contributed by atoms with Gasteiger partial charge in [0, 0.05) is 11.7 Å². The zero-order valence-electron chi connectivity index (χ0n) is 18.1. The molecule has 2 heterocycles. The molecule has 30 heavy (non-hydrogen) atoms. The molecular weight excluding hydrogens is 378 g/mol. The summed E-state index contributed by atoms with van der Waals surface area (Å²) < 4.78 is 12.9. The maximum absolute atomic E-state index is 12.6. The van der Waals surface area contributed by atoms with Gasteiger partial charge in [0.1, 0.15) is 5.75 Å². The number of aryl methyl sites for hydroxylation is 2. The minimum absolute atomic E-state index is 0.192. The molecule has 158 valence electrons. The van der Waals surface area contributed by atoms with E-state index in [2.05, 4.69) is 27.5 Å². The number of methoxy groups -OCH3 is 2. The molecule has 1 aromatic carbocycles. The van der Waals surface area contributed by atoms with Crippen LogP contribution in [0.2, 0.25) is 0 Å². The summed E-state index contributed by atoms with van der Waals surface area (Å²) in [5.74, 6) is 1.71. The third kappa shape index (κ3) is 4.32. The van der Waals surface area contributed by atoms with Crippen LogP contribution >= 0.6 is 0 Å². The first-order chi connectivity index (χ1) is 14.5. The highest BCUT2D eigenvalue weighted by atomic mass is 16.5. The lowest BCUT2D eigenvalue weighted by Gasteiger charge is -2.21. The number of rotatable bonds is 8. The molecule has 6 heteroatoms. The minimum atomic E-state index is -0.348. The second-order valence-electron chi connectivity index (χ2n) is 7.33. The fraction of sp³-hybridized carbons (Fsp3) is 0.333. The summed E-state index contributed by atoms with van der Waals surface area (Å²) in [6, 6.07) is 4.19. The summed E-state index contributed by atoms with van der Waals surface area (Å²) in [7, 11) is 3.19. The Balaban J connectivity index is 2.00. The predicted octanol–water partition coefficient (Wildman–Crippen LogP) is 4.80. The summed E-state index contributed by atoms with van der Waals surface area (Å²) in [6.07, 6.45) is 12.3. The van der Waals surface area contributed by atoms with Crippen molar-refractivity contribution in [3.05, 3.63) is 76.3 Å². The van der Waals surface area contributed by atoms with Crippen molar-refractivity contribution in [1.82, 2.24) is 9.55 Å². The van der Waals surface area contributed by atoms with E-state index in [0.29, 0.717) is 11.7 Å². The minimum Gasteiger partial charge on any atom is -0.496 e. The quantitative estimate of drug-likeness (QED) is 0.637. The van der Waals surface area contributed by atoms with E-state index in [-0.39, 0.29) is 11.6 Å². The predicted molar refractivity (Wildman–Crippen MR) is 121 cm³/mol. The standard InChI is InChI=1S/C24H29N3O3/c1-6-7-8-9-10-11-18-12-13-20-22(30-5)23(28)26-24(27(18)20)25-19-14-17(3)21(29-4)15-16(19)2/h6-10,14-15,18H,1,11-13H2,2-5H3,(H,25,26,28)/b8-7-,10-9-. The molecule has 1 atom stereocenters. The van der Waals surface area contributed by atoms with Crippen LogP contribution in [0.25, 0.3) is 0 Å². The van der Waals surface area contributed by atoms with Crippen LogP contribution in [0, 0.1) is 13.8 Å². The maximum atomic E-state index is 12.6. The molecule has 0 spiro atoms. The fourth-order valence-corrected chi connectivity index (χ4v) is 3.86. The Morgan fingerprint density at radius 1 is 1.20 bits per heavy atom. The number of hydrogen-bond acceptors (Lipinski definition) is 5. The number of hydrogen-bond donors (Lipinski definition) is 1. The van der Waals surface area contributed by atoms with Crippen LogP contribution in [-0.4, -0.2) is 23.8 Å². The molecule has 6 nitrogen and oxygen atoms in total. The summed E-state index contributed by atoms with van der Waals surface area (Å²) in [5.41, 5.74) is 3.47. The Morgan fingerprint density at radius 2 is 2.00 bits per heavy atom. The molecule has 0 amide bonds. The van der Waals surface area contributed by atoms with E-state index < -0.39 is 0 Å². The molecule has 1 unspecified atom stereocenters. The number of allylic oxidation sites excluding steroid dienone is 5. The molecule has 1 aliphatic heterocycles. The topological polar surface area (TPSA) is 65.4 Å². The van der Waals surface area contributed by atoms with E-state index in [0.717, 1.165) is 47.5 Å². The monoisotopic (exact) mass is 407 g/mol. The smallest absolute Gasteiger partial charge is 0.317 e. The van der Waals surface area contributed by atoms with Gasteiger partial charge in [-0.15, -0.1) is 0 Å². The van der Waals surface area contributed by atoms with Crippen LogP contribution in [0.5, 0.6) is 11.5 Å². The number of ether oxygens (including phenoxy) is 2. The number of anilines is 2. The number of fused-ring (bicyclic) bond motifs is 1. The first-order valence-corrected chi connectivity index (χ1v) is 10.1. The highest BCUT2D eigenvalue weighted by molar-refractivity contribution is 5.63. The van der Waals surface area contributed by atoms with E-state index >= 15 is 0 Å². The van der Waals surface area contributed by atoms with E-state index in [9.17, 15) is 4.79 Å². The second-order valence-corrected chi connectivity index (χ2v) is 7.33. The van der Waals surface area contributed by atoms with Crippen molar-refractivity contribution >= 4 is 11.6 Å². The van der Waals surface area contributed by atoms with Crippen molar-refractivity contribution in [1.29, 1.82) is 0 Å². The number of nitrogens with zero attached hydrogens (tertiary/aromatic N) is 2. The summed E-state index contributed by atoms with van der Waals surface area (Å²) in [6.45, 7) is 7.67. The third-order valence-electron chi connectivity index (χ3n) is 5.36. The van der Waals surface area contributed by atoms with Gasteiger partial charge in [0.15, 0.2) is 0 Å². The van der Waals surface area contributed by atoms with Gasteiger partial charge in [-0.1, -0.05) is 37.0 Å². The van der Waals surface area contributed by atoms with Gasteiger partial charge in [-0.3, -0.25) is 4.79 Å². The van der Waals surface area contributed by atoms with Crippen molar-refractivity contribution in [3.63, 3.8) is 0 Å². The molecular formula is C24H29N3O3. The molecule has 1 aromatic heterocycles. The van der Waals surface area contributed by atoms with E-state index in [1.807, 2.05) is 44.2 Å². The Kier molecular flexibility index (Phi) is 6.77. The van der Waals surface area contributed by atoms with E-state index in [1.54, 1.807) is 13.2 Å². The molecule has 0 fully saturated rings. The van der Waals surface area contributed by atoms with Gasteiger partial charge in [0.05, 0.1) is 19.9 Å². The van der Waals surface area contributed by atoms with Crippen molar-refractivity contribution in [2.45, 2.75) is 39.2 Å². The summed E-state index contributed by atoms with van der Waals surface area (Å²) in [4.78, 5) is 16.9. The lowest BCUT2D eigenvalue weighted by Crippen LogP contribution is -2.21. The van der Waals surface area contributed by atoms with Crippen LogP contribution in [0.15, 0.2) is 53.9 Å². The Bertz CT molecular complexity index is 1050. The van der Waals surface area contributed by atoms with Gasteiger partial charge in [0.25, 0.3) is 0 Å². The van der Waals surface area contributed by atoms with E-state index in [1.165, 1.54) is 7.11 Å². The van der Waals surface area contributed by atoms with Crippen LogP contribution in [0.1, 0.15) is 35.7 Å². The van der Waals surface area contributed by atoms with Gasteiger partial charge >= 0.3 is 5.56 Å². The van der Waals surface area contributed by atoms with Gasteiger partial charge in [-0.2, -0.15) is 4.98 Å². The summed E-state index contributed by atoms with van der Waals surface area (Å²) in [5, 5.41) is 3.39. The normalized spacial score (nSPS) is 15.5. The number of benzene rings is 1. The Hall–Kier alpha value is -3.28. The van der Waals surface area contributed by atoms with Gasteiger partial charge in [0.2, 0.25) is 11.7 Å². The highest BCUT2D eigenvalue weighted by Crippen LogP contribution is 2.36. The fourth-order valence-electron chi connectivity index (χ4n) is 3.86. The molecule has 2 aromatic rings. The van der Waals surface area contributed by atoms with Crippen molar-refractivity contribution in [3.8, 4) is 11.5 Å². The van der Waals surface area contributed by atoms with Crippen LogP contribution < -0.4 is 20.3 Å². The highest BCUT2D eigenvalue weighted by Gasteiger charge is 2.29. The van der Waals surface area contributed by atoms with Gasteiger partial charge in [-0.05, 0) is 56.4 Å². The Morgan fingerprint density at radius 3 is 2.70 bits per heavy atom. The van der Waals surface area contributed by atoms with Crippen molar-refractivity contribution < 1.29 is 9.47 Å². The average Bonchev–Trinajstić information content (AvgIpc) is 3.14. The Labute approximate surface area is 177 Å². The first-order valence-electron chi connectivity index (χ1n) is 10.1. The molecule has 3 rings (SSSR count).